The Hall–Kier alpha value is -2.43. The van der Waals surface area contributed by atoms with Crippen molar-refractivity contribution in [2.45, 2.75) is 31.0 Å². The zero-order chi connectivity index (χ0) is 22.3. The Morgan fingerprint density at radius 2 is 1.87 bits per heavy atom. The maximum absolute atomic E-state index is 13.9. The number of alkyl halides is 3. The summed E-state index contributed by atoms with van der Waals surface area (Å²) in [6, 6.07) is 3.70. The molecule has 0 spiro atoms. The minimum atomic E-state index is -4.59. The van der Waals surface area contributed by atoms with E-state index in [1.807, 2.05) is 18.7 Å². The van der Waals surface area contributed by atoms with E-state index < -0.39 is 27.5 Å². The summed E-state index contributed by atoms with van der Waals surface area (Å²) in [4.78, 5) is 10.7. The van der Waals surface area contributed by atoms with Crippen LogP contribution in [0.1, 0.15) is 19.5 Å². The normalized spacial score (nSPS) is 18.2. The van der Waals surface area contributed by atoms with Crippen LogP contribution >= 0.6 is 0 Å². The van der Waals surface area contributed by atoms with Crippen molar-refractivity contribution in [2.75, 3.05) is 35.7 Å². The molecule has 0 unspecified atom stereocenters. The van der Waals surface area contributed by atoms with E-state index in [1.165, 1.54) is 18.3 Å². The lowest BCUT2D eigenvalue weighted by Gasteiger charge is -2.45. The van der Waals surface area contributed by atoms with E-state index in [0.717, 1.165) is 12.3 Å². The van der Waals surface area contributed by atoms with Crippen molar-refractivity contribution in [3.63, 3.8) is 0 Å². The maximum Gasteiger partial charge on any atom is 0.434 e. The highest BCUT2D eigenvalue weighted by Gasteiger charge is 2.36. The van der Waals surface area contributed by atoms with Crippen LogP contribution in [0.4, 0.5) is 29.1 Å². The quantitative estimate of drug-likeness (QED) is 0.671. The number of halogens is 4. The van der Waals surface area contributed by atoms with Gasteiger partial charge < -0.3 is 9.80 Å². The highest BCUT2D eigenvalue weighted by atomic mass is 32.2. The number of hydrogen-bond donors (Lipinski definition) is 0. The molecule has 11 heteroatoms. The molecule has 2 heterocycles. The molecule has 1 fully saturated rings. The molecule has 2 aromatic rings. The van der Waals surface area contributed by atoms with Gasteiger partial charge in [-0.15, -0.1) is 0 Å². The Morgan fingerprint density at radius 3 is 2.47 bits per heavy atom. The first-order chi connectivity index (χ1) is 13.9. The minimum Gasteiger partial charge on any atom is -0.368 e. The summed E-state index contributed by atoms with van der Waals surface area (Å²) in [6.45, 7) is 5.04. The van der Waals surface area contributed by atoms with E-state index in [2.05, 4.69) is 9.97 Å². The van der Waals surface area contributed by atoms with Crippen molar-refractivity contribution in [1.82, 2.24) is 9.97 Å². The van der Waals surface area contributed by atoms with Gasteiger partial charge in [-0.3, -0.25) is 4.98 Å². The van der Waals surface area contributed by atoms with Crippen LogP contribution in [0, 0.1) is 11.7 Å². The SMILES string of the molecule is CC(C)[C@@H]1CN(c2ccc(F)c(S(C)(=O)=O)c2)CCN1c1cncc(C(F)(F)F)n1. The number of sulfone groups is 1. The van der Waals surface area contributed by atoms with Crippen molar-refractivity contribution in [3.05, 3.63) is 42.1 Å². The molecule has 0 saturated carbocycles. The van der Waals surface area contributed by atoms with Crippen LogP contribution in [0.3, 0.4) is 0 Å². The van der Waals surface area contributed by atoms with Gasteiger partial charge in [0.15, 0.2) is 15.5 Å². The minimum absolute atomic E-state index is 0.0546. The first kappa shape index (κ1) is 22.3. The molecule has 1 aliphatic heterocycles. The molecule has 1 atom stereocenters. The van der Waals surface area contributed by atoms with E-state index >= 15 is 0 Å². The van der Waals surface area contributed by atoms with Crippen molar-refractivity contribution in [1.29, 1.82) is 0 Å². The summed E-state index contributed by atoms with van der Waals surface area (Å²) in [5.41, 5.74) is -0.515. The second kappa shape index (κ2) is 8.01. The number of anilines is 2. The van der Waals surface area contributed by atoms with Crippen LogP contribution in [-0.4, -0.2) is 50.3 Å². The summed E-state index contributed by atoms with van der Waals surface area (Å²) >= 11 is 0. The monoisotopic (exact) mass is 446 g/mol. The lowest BCUT2D eigenvalue weighted by atomic mass is 9.99. The molecule has 0 radical (unpaired) electrons. The van der Waals surface area contributed by atoms with E-state index in [-0.39, 0.29) is 22.7 Å². The van der Waals surface area contributed by atoms with Gasteiger partial charge >= 0.3 is 6.18 Å². The summed E-state index contributed by atoms with van der Waals surface area (Å²) in [7, 11) is -3.73. The second-order valence-electron chi connectivity index (χ2n) is 7.60. The van der Waals surface area contributed by atoms with Crippen LogP contribution in [0.2, 0.25) is 0 Å². The fourth-order valence-electron chi connectivity index (χ4n) is 3.50. The molecule has 3 rings (SSSR count). The third-order valence-electron chi connectivity index (χ3n) is 5.07. The van der Waals surface area contributed by atoms with Gasteiger partial charge in [0, 0.05) is 31.6 Å². The number of benzene rings is 1. The van der Waals surface area contributed by atoms with E-state index in [1.54, 1.807) is 4.90 Å². The molecule has 0 aliphatic carbocycles. The first-order valence-electron chi connectivity index (χ1n) is 9.28. The van der Waals surface area contributed by atoms with Crippen molar-refractivity contribution >= 4 is 21.3 Å². The molecule has 0 bridgehead atoms. The van der Waals surface area contributed by atoms with Crippen LogP contribution < -0.4 is 9.80 Å². The van der Waals surface area contributed by atoms with Gasteiger partial charge in [-0.05, 0) is 24.1 Å². The molecule has 6 nitrogen and oxygen atoms in total. The van der Waals surface area contributed by atoms with E-state index in [9.17, 15) is 26.0 Å². The summed E-state index contributed by atoms with van der Waals surface area (Å²) < 4.78 is 76.7. The maximum atomic E-state index is 13.9. The highest BCUT2D eigenvalue weighted by molar-refractivity contribution is 7.90. The topological polar surface area (TPSA) is 66.4 Å². The molecular formula is C19H22F4N4O2S. The molecule has 1 aromatic heterocycles. The summed E-state index contributed by atoms with van der Waals surface area (Å²) in [5.74, 6) is -0.627. The largest absolute Gasteiger partial charge is 0.434 e. The molecule has 1 aliphatic rings. The van der Waals surface area contributed by atoms with E-state index in [0.29, 0.717) is 31.5 Å². The van der Waals surface area contributed by atoms with Gasteiger partial charge in [0.25, 0.3) is 0 Å². The Morgan fingerprint density at radius 1 is 1.17 bits per heavy atom. The van der Waals surface area contributed by atoms with Crippen LogP contribution in [-0.2, 0) is 16.0 Å². The number of rotatable bonds is 4. The average molecular weight is 446 g/mol. The van der Waals surface area contributed by atoms with Crippen molar-refractivity contribution in [2.24, 2.45) is 5.92 Å². The zero-order valence-corrected chi connectivity index (χ0v) is 17.5. The van der Waals surface area contributed by atoms with Gasteiger partial charge in [0.05, 0.1) is 18.4 Å². The molecule has 1 aromatic carbocycles. The van der Waals surface area contributed by atoms with Crippen LogP contribution in [0.5, 0.6) is 0 Å². The van der Waals surface area contributed by atoms with E-state index in [4.69, 9.17) is 0 Å². The van der Waals surface area contributed by atoms with Gasteiger partial charge in [0.1, 0.15) is 16.5 Å². The Bertz CT molecular complexity index is 1030. The zero-order valence-electron chi connectivity index (χ0n) is 16.7. The molecule has 1 saturated heterocycles. The van der Waals surface area contributed by atoms with Gasteiger partial charge in [-0.1, -0.05) is 13.8 Å². The van der Waals surface area contributed by atoms with Crippen molar-refractivity contribution < 1.29 is 26.0 Å². The Labute approximate surface area is 172 Å². The van der Waals surface area contributed by atoms with Crippen LogP contribution in [0.15, 0.2) is 35.5 Å². The van der Waals surface area contributed by atoms with Gasteiger partial charge in [-0.25, -0.2) is 17.8 Å². The standard InChI is InChI=1S/C19H22F4N4O2S/c1-12(2)15-11-26(13-4-5-14(20)16(8-13)30(3,28)29)6-7-27(15)18-10-24-9-17(25-18)19(21,22)23/h4-5,8-10,12,15H,6-7,11H2,1-3H3/t15-/m0/s1. The van der Waals surface area contributed by atoms with Crippen molar-refractivity contribution in [3.8, 4) is 0 Å². The number of nitrogens with zero attached hydrogens (tertiary/aromatic N) is 4. The number of aromatic nitrogens is 2. The first-order valence-corrected chi connectivity index (χ1v) is 11.2. The van der Waals surface area contributed by atoms with Gasteiger partial charge in [0.2, 0.25) is 0 Å². The smallest absolute Gasteiger partial charge is 0.368 e. The molecule has 0 amide bonds. The average Bonchev–Trinajstić information content (AvgIpc) is 2.66. The lowest BCUT2D eigenvalue weighted by Crippen LogP contribution is -2.56. The predicted molar refractivity (Wildman–Crippen MR) is 105 cm³/mol. The molecule has 30 heavy (non-hydrogen) atoms. The second-order valence-corrected chi connectivity index (χ2v) is 9.58. The molecule has 164 valence electrons. The van der Waals surface area contributed by atoms with Gasteiger partial charge in [-0.2, -0.15) is 13.2 Å². The Kier molecular flexibility index (Phi) is 5.94. The third kappa shape index (κ3) is 4.66. The number of hydrogen-bond acceptors (Lipinski definition) is 6. The number of piperazine rings is 1. The summed E-state index contributed by atoms with van der Waals surface area (Å²) in [6.07, 6.45) is -1.65. The van der Waals surface area contributed by atoms with Crippen LogP contribution in [0.25, 0.3) is 0 Å². The lowest BCUT2D eigenvalue weighted by molar-refractivity contribution is -0.141. The molecule has 0 N–H and O–H groups in total. The molecular weight excluding hydrogens is 424 g/mol. The predicted octanol–water partition coefficient (Wildman–Crippen LogP) is 3.39. The Balaban J connectivity index is 1.90. The fourth-order valence-corrected chi connectivity index (χ4v) is 4.26. The fraction of sp³-hybridized carbons (Fsp3) is 0.474. The highest BCUT2D eigenvalue weighted by Crippen LogP contribution is 2.31. The summed E-state index contributed by atoms with van der Waals surface area (Å²) in [5, 5.41) is 0. The third-order valence-corrected chi connectivity index (χ3v) is 6.19.